The number of carbonyl (C=O) groups is 2. The van der Waals surface area contributed by atoms with Crippen LogP contribution < -0.4 is 15.8 Å². The summed E-state index contributed by atoms with van der Waals surface area (Å²) in [5.74, 6) is 0.769. The summed E-state index contributed by atoms with van der Waals surface area (Å²) in [7, 11) is 0. The van der Waals surface area contributed by atoms with E-state index in [-0.39, 0.29) is 41.7 Å². The van der Waals surface area contributed by atoms with Gasteiger partial charge in [0.1, 0.15) is 11.5 Å². The first kappa shape index (κ1) is 23.0. The van der Waals surface area contributed by atoms with Crippen LogP contribution in [0.2, 0.25) is 0 Å². The van der Waals surface area contributed by atoms with Crippen molar-refractivity contribution in [3.05, 3.63) is 5.76 Å². The zero-order valence-electron chi connectivity index (χ0n) is 19.5. The maximum Gasteiger partial charge on any atom is 0.291 e. The number of nitrogens with two attached hydrogens (primary N) is 1. The van der Waals surface area contributed by atoms with Crippen LogP contribution in [0.25, 0.3) is 0 Å². The second kappa shape index (κ2) is 8.48. The molecule has 5 fully saturated rings. The molecule has 9 heteroatoms. The van der Waals surface area contributed by atoms with Gasteiger partial charge in [0, 0.05) is 11.3 Å². The molecule has 3 bridgehead atoms. The fourth-order valence-electron chi connectivity index (χ4n) is 6.61. The number of amides is 2. The van der Waals surface area contributed by atoms with E-state index in [0.717, 1.165) is 44.9 Å². The van der Waals surface area contributed by atoms with E-state index >= 15 is 0 Å². The Balaban J connectivity index is 1.34. The highest BCUT2D eigenvalue weighted by Gasteiger charge is 2.61. The van der Waals surface area contributed by atoms with Gasteiger partial charge in [0.25, 0.3) is 11.8 Å². The number of nitrogens with zero attached hydrogens (tertiary/aromatic N) is 1. The van der Waals surface area contributed by atoms with Crippen LogP contribution in [0.15, 0.2) is 9.42 Å². The van der Waals surface area contributed by atoms with Crippen molar-refractivity contribution in [1.82, 2.24) is 10.5 Å². The number of hydrogen-bond donors (Lipinski definition) is 3. The third kappa shape index (κ3) is 4.27. The maximum atomic E-state index is 13.4. The van der Waals surface area contributed by atoms with Crippen molar-refractivity contribution in [1.29, 1.82) is 0 Å². The summed E-state index contributed by atoms with van der Waals surface area (Å²) in [6.07, 6.45) is 9.14. The molecule has 1 spiro atoms. The summed E-state index contributed by atoms with van der Waals surface area (Å²) in [4.78, 5) is 25.7. The molecule has 5 aliphatic carbocycles. The Kier molecular flexibility index (Phi) is 5.92. The first-order valence-electron chi connectivity index (χ1n) is 12.2. The first-order chi connectivity index (χ1) is 15.7. The predicted molar refractivity (Wildman–Crippen MR) is 123 cm³/mol. The summed E-state index contributed by atoms with van der Waals surface area (Å²) in [6, 6.07) is 0.0730. The van der Waals surface area contributed by atoms with Gasteiger partial charge in [-0.1, -0.05) is 12.8 Å². The topological polar surface area (TPSA) is 128 Å². The fourth-order valence-corrected chi connectivity index (χ4v) is 7.95. The van der Waals surface area contributed by atoms with Gasteiger partial charge in [0.05, 0.1) is 11.5 Å². The van der Waals surface area contributed by atoms with Crippen LogP contribution in [0, 0.1) is 22.7 Å². The molecule has 1 aromatic heterocycles. The number of thioether (sulfide) groups is 1. The van der Waals surface area contributed by atoms with Crippen LogP contribution in [-0.2, 0) is 4.79 Å². The summed E-state index contributed by atoms with van der Waals surface area (Å²) in [5, 5.41) is 18.0. The number of hydrogen-bond acceptors (Lipinski definition) is 7. The van der Waals surface area contributed by atoms with Gasteiger partial charge in [-0.15, -0.1) is 11.8 Å². The monoisotopic (exact) mass is 477 g/mol. The number of aliphatic hydroxyl groups excluding tert-OH is 1. The molecular formula is C24H35N3O5S. The molecule has 182 valence electrons. The molecular weight excluding hydrogens is 442 g/mol. The molecule has 5 saturated carbocycles. The highest BCUT2D eigenvalue weighted by molar-refractivity contribution is 8.00. The van der Waals surface area contributed by atoms with Gasteiger partial charge in [-0.2, -0.15) is 0 Å². The fraction of sp³-hybridized carbons (Fsp3) is 0.792. The molecule has 5 atom stereocenters. The largest absolute Gasteiger partial charge is 0.474 e. The van der Waals surface area contributed by atoms with E-state index in [1.807, 2.05) is 0 Å². The van der Waals surface area contributed by atoms with Gasteiger partial charge in [0.15, 0.2) is 0 Å². The molecule has 0 aromatic carbocycles. The van der Waals surface area contributed by atoms with E-state index in [0.29, 0.717) is 22.0 Å². The van der Waals surface area contributed by atoms with Crippen LogP contribution in [0.3, 0.4) is 0 Å². The summed E-state index contributed by atoms with van der Waals surface area (Å²) in [6.45, 7) is 3.49. The minimum absolute atomic E-state index is 0.0184. The summed E-state index contributed by atoms with van der Waals surface area (Å²) < 4.78 is 11.4. The Labute approximate surface area is 198 Å². The molecule has 8 nitrogen and oxygen atoms in total. The van der Waals surface area contributed by atoms with E-state index in [1.54, 1.807) is 25.6 Å². The highest BCUT2D eigenvalue weighted by Crippen LogP contribution is 2.63. The number of carbonyl (C=O) groups excluding carboxylic acids is 2. The summed E-state index contributed by atoms with van der Waals surface area (Å²) in [5.41, 5.74) is 4.63. The Morgan fingerprint density at radius 1 is 1.27 bits per heavy atom. The van der Waals surface area contributed by atoms with Crippen molar-refractivity contribution in [3.63, 3.8) is 0 Å². The third-order valence-corrected chi connectivity index (χ3v) is 9.72. The predicted octanol–water partition coefficient (Wildman–Crippen LogP) is 3.27. The third-order valence-electron chi connectivity index (χ3n) is 8.32. The number of nitrogens with one attached hydrogen (secondary N) is 1. The van der Waals surface area contributed by atoms with Crippen LogP contribution >= 0.6 is 11.8 Å². The van der Waals surface area contributed by atoms with Crippen molar-refractivity contribution in [2.75, 3.05) is 6.61 Å². The Morgan fingerprint density at radius 3 is 2.76 bits per heavy atom. The van der Waals surface area contributed by atoms with Crippen LogP contribution in [0.4, 0.5) is 0 Å². The molecule has 0 saturated heterocycles. The van der Waals surface area contributed by atoms with E-state index in [4.69, 9.17) is 15.0 Å². The number of aliphatic hydroxyl groups is 1. The Bertz CT molecular complexity index is 921. The van der Waals surface area contributed by atoms with E-state index in [2.05, 4.69) is 10.5 Å². The number of primary amides is 1. The van der Waals surface area contributed by atoms with Gasteiger partial charge in [-0.3, -0.25) is 9.59 Å². The molecule has 0 radical (unpaired) electrons. The lowest BCUT2D eigenvalue weighted by atomic mass is 9.43. The molecule has 5 aliphatic rings. The Hall–Kier alpha value is -1.74. The van der Waals surface area contributed by atoms with E-state index < -0.39 is 11.3 Å². The van der Waals surface area contributed by atoms with Gasteiger partial charge in [0.2, 0.25) is 11.7 Å². The number of aromatic nitrogens is 1. The van der Waals surface area contributed by atoms with Crippen LogP contribution in [-0.4, -0.2) is 46.1 Å². The zero-order valence-corrected chi connectivity index (χ0v) is 20.3. The second-order valence-corrected chi connectivity index (χ2v) is 12.7. The minimum Gasteiger partial charge on any atom is -0.474 e. The molecule has 1 aromatic rings. The number of ether oxygens (including phenoxy) is 1. The second-order valence-electron chi connectivity index (χ2n) is 11.4. The molecule has 3 unspecified atom stereocenters. The first-order valence-corrected chi connectivity index (χ1v) is 13.1. The smallest absolute Gasteiger partial charge is 0.291 e. The van der Waals surface area contributed by atoms with Crippen molar-refractivity contribution in [2.24, 2.45) is 28.4 Å². The van der Waals surface area contributed by atoms with Gasteiger partial charge in [-0.25, -0.2) is 0 Å². The van der Waals surface area contributed by atoms with Crippen molar-refractivity contribution in [3.8, 4) is 5.88 Å². The SMILES string of the molecule is CC(C)(COc1noc(C(=O)N[C@@H]2C3CC4C[C@H](O)CC2(C4)C3)c1SC1CCCC1)C(N)=O. The zero-order chi connectivity index (χ0) is 23.4. The van der Waals surface area contributed by atoms with E-state index in [1.165, 1.54) is 12.8 Å². The van der Waals surface area contributed by atoms with Crippen molar-refractivity contribution >= 4 is 23.6 Å². The maximum absolute atomic E-state index is 13.4. The average molecular weight is 478 g/mol. The highest BCUT2D eigenvalue weighted by atomic mass is 32.2. The van der Waals surface area contributed by atoms with E-state index in [9.17, 15) is 14.7 Å². The van der Waals surface area contributed by atoms with Crippen molar-refractivity contribution < 1.29 is 24.0 Å². The number of rotatable bonds is 8. The standard InChI is InChI=1S/C24H35N3O5S/c1-23(2,22(25)30)12-31-21-18(33-16-5-3-4-6-16)17(32-27-21)20(29)26-19-14-7-13-8-15(28)11-24(19,9-13)10-14/h13-16,19,28H,3-12H2,1-2H3,(H2,25,30)(H,26,29)/t13?,14?,15-,19+,24?/m0/s1. The summed E-state index contributed by atoms with van der Waals surface area (Å²) >= 11 is 1.59. The van der Waals surface area contributed by atoms with Crippen LogP contribution in [0.1, 0.15) is 82.2 Å². The molecule has 33 heavy (non-hydrogen) atoms. The van der Waals surface area contributed by atoms with Crippen molar-refractivity contribution in [2.45, 2.75) is 93.9 Å². The van der Waals surface area contributed by atoms with Gasteiger partial charge < -0.3 is 25.4 Å². The molecule has 1 heterocycles. The normalized spacial score (nSPS) is 33.4. The lowest BCUT2D eigenvalue weighted by Crippen LogP contribution is -2.67. The minimum atomic E-state index is -0.864. The molecule has 6 rings (SSSR count). The lowest BCUT2D eigenvalue weighted by Gasteiger charge is -2.64. The molecule has 2 amide bonds. The molecule has 4 N–H and O–H groups in total. The quantitative estimate of drug-likeness (QED) is 0.524. The van der Waals surface area contributed by atoms with Gasteiger partial charge >= 0.3 is 0 Å². The molecule has 0 aliphatic heterocycles. The average Bonchev–Trinajstić information content (AvgIpc) is 3.40. The lowest BCUT2D eigenvalue weighted by molar-refractivity contribution is -0.141. The van der Waals surface area contributed by atoms with Gasteiger partial charge in [-0.05, 0) is 81.2 Å². The Morgan fingerprint density at radius 2 is 2.03 bits per heavy atom. The van der Waals surface area contributed by atoms with Crippen LogP contribution in [0.5, 0.6) is 5.88 Å².